The van der Waals surface area contributed by atoms with Gasteiger partial charge < -0.3 is 10.1 Å². The molecular weight excluding hydrogens is 247 g/mol. The zero-order valence-electron chi connectivity index (χ0n) is 11.5. The number of hydrogen-bond donors (Lipinski definition) is 1. The van der Waals surface area contributed by atoms with E-state index in [0.717, 1.165) is 0 Å². The van der Waals surface area contributed by atoms with E-state index >= 15 is 0 Å². The van der Waals surface area contributed by atoms with Gasteiger partial charge in [0.25, 0.3) is 0 Å². The van der Waals surface area contributed by atoms with E-state index in [1.54, 1.807) is 33.8 Å². The van der Waals surface area contributed by atoms with Crippen LogP contribution in [-0.4, -0.2) is 17.6 Å². The van der Waals surface area contributed by atoms with Crippen molar-refractivity contribution in [2.45, 2.75) is 39.3 Å². The summed E-state index contributed by atoms with van der Waals surface area (Å²) < 4.78 is 18.4. The van der Waals surface area contributed by atoms with Crippen molar-refractivity contribution in [1.82, 2.24) is 0 Å². The minimum Gasteiger partial charge on any atom is -0.458 e. The van der Waals surface area contributed by atoms with Crippen LogP contribution in [0.5, 0.6) is 0 Å². The fraction of sp³-hybridized carbons (Fsp3) is 0.429. The van der Waals surface area contributed by atoms with E-state index < -0.39 is 23.4 Å². The summed E-state index contributed by atoms with van der Waals surface area (Å²) in [5.74, 6) is -0.992. The number of halogens is 1. The topological polar surface area (TPSA) is 62.1 Å². The van der Waals surface area contributed by atoms with Gasteiger partial charge in [-0.25, -0.2) is 9.18 Å². The molecule has 0 spiro atoms. The van der Waals surface area contributed by atoms with Gasteiger partial charge in [-0.15, -0.1) is 0 Å². The monoisotopic (exact) mass is 264 g/mol. The second-order valence-electron chi connectivity index (χ2n) is 5.21. The maximum absolute atomic E-state index is 13.1. The number of esters is 1. The molecule has 0 bridgehead atoms. The quantitative estimate of drug-likeness (QED) is 0.853. The Kier molecular flexibility index (Phi) is 4.49. The molecule has 0 radical (unpaired) electrons. The van der Waals surface area contributed by atoms with Crippen LogP contribution in [0, 0.1) is 17.1 Å². The second-order valence-corrected chi connectivity index (χ2v) is 5.21. The van der Waals surface area contributed by atoms with Gasteiger partial charge >= 0.3 is 5.97 Å². The van der Waals surface area contributed by atoms with E-state index in [-0.39, 0.29) is 5.56 Å². The first-order chi connectivity index (χ1) is 8.73. The van der Waals surface area contributed by atoms with Crippen molar-refractivity contribution >= 4 is 11.7 Å². The van der Waals surface area contributed by atoms with Crippen LogP contribution in [0.3, 0.4) is 0 Å². The summed E-state index contributed by atoms with van der Waals surface area (Å²) >= 11 is 0. The van der Waals surface area contributed by atoms with Crippen molar-refractivity contribution in [2.75, 3.05) is 5.32 Å². The van der Waals surface area contributed by atoms with Crippen LogP contribution in [-0.2, 0) is 9.53 Å². The first-order valence-electron chi connectivity index (χ1n) is 5.92. The number of rotatable bonds is 3. The fourth-order valence-corrected chi connectivity index (χ4v) is 1.40. The van der Waals surface area contributed by atoms with Gasteiger partial charge in [-0.1, -0.05) is 0 Å². The fourth-order valence-electron chi connectivity index (χ4n) is 1.40. The highest BCUT2D eigenvalue weighted by Gasteiger charge is 2.21. The predicted molar refractivity (Wildman–Crippen MR) is 70.0 cm³/mol. The number of nitriles is 1. The zero-order valence-corrected chi connectivity index (χ0v) is 11.5. The number of hydrogen-bond acceptors (Lipinski definition) is 4. The van der Waals surface area contributed by atoms with Crippen LogP contribution in [0.4, 0.5) is 10.1 Å². The number of carbonyl (C=O) groups is 1. The number of benzene rings is 1. The third kappa shape index (κ3) is 4.59. The van der Waals surface area contributed by atoms with Gasteiger partial charge in [0.05, 0.1) is 5.56 Å². The van der Waals surface area contributed by atoms with E-state index in [9.17, 15) is 9.18 Å². The van der Waals surface area contributed by atoms with Crippen molar-refractivity contribution in [3.63, 3.8) is 0 Å². The van der Waals surface area contributed by atoms with Gasteiger partial charge in [0.15, 0.2) is 0 Å². The lowest BCUT2D eigenvalue weighted by Gasteiger charge is -2.23. The van der Waals surface area contributed by atoms with Crippen molar-refractivity contribution in [3.8, 4) is 6.07 Å². The molecule has 5 heteroatoms. The van der Waals surface area contributed by atoms with Crippen LogP contribution in [0.2, 0.25) is 0 Å². The van der Waals surface area contributed by atoms with E-state index in [4.69, 9.17) is 10.00 Å². The smallest absolute Gasteiger partial charge is 0.328 e. The Morgan fingerprint density at radius 1 is 1.47 bits per heavy atom. The minimum atomic E-state index is -0.587. The Balaban J connectivity index is 2.75. The Bertz CT molecular complexity index is 515. The molecule has 0 saturated carbocycles. The van der Waals surface area contributed by atoms with E-state index in [0.29, 0.717) is 5.69 Å². The van der Waals surface area contributed by atoms with Gasteiger partial charge in [-0.3, -0.25) is 0 Å². The van der Waals surface area contributed by atoms with Crippen LogP contribution < -0.4 is 5.32 Å². The Morgan fingerprint density at radius 2 is 2.11 bits per heavy atom. The number of nitrogens with one attached hydrogen (secondary N) is 1. The Labute approximate surface area is 112 Å². The van der Waals surface area contributed by atoms with Gasteiger partial charge in [0, 0.05) is 5.69 Å². The third-order valence-corrected chi connectivity index (χ3v) is 2.23. The predicted octanol–water partition coefficient (Wildman–Crippen LogP) is 2.84. The molecule has 1 rings (SSSR count). The van der Waals surface area contributed by atoms with Crippen LogP contribution in [0.1, 0.15) is 33.3 Å². The first-order valence-corrected chi connectivity index (χ1v) is 5.92. The summed E-state index contributed by atoms with van der Waals surface area (Å²) in [6, 6.07) is 5.17. The summed E-state index contributed by atoms with van der Waals surface area (Å²) in [5.41, 5.74) is -0.133. The lowest BCUT2D eigenvalue weighted by molar-refractivity contribution is -0.155. The third-order valence-electron chi connectivity index (χ3n) is 2.23. The SMILES string of the molecule is CC(Nc1ccc(F)c(C#N)c1)C(=O)OC(C)(C)C. The standard InChI is InChI=1S/C14H17FN2O2/c1-9(13(18)19-14(2,3)4)17-11-5-6-12(15)10(7-11)8-16/h5-7,9,17H,1-4H3. The molecule has 4 nitrogen and oxygen atoms in total. The molecule has 1 aromatic carbocycles. The normalized spacial score (nSPS) is 12.4. The molecule has 0 heterocycles. The molecule has 0 amide bonds. The average Bonchev–Trinajstić information content (AvgIpc) is 2.29. The number of nitrogens with zero attached hydrogens (tertiary/aromatic N) is 1. The first kappa shape index (κ1) is 15.0. The highest BCUT2D eigenvalue weighted by atomic mass is 19.1. The van der Waals surface area contributed by atoms with Crippen molar-refractivity contribution in [3.05, 3.63) is 29.6 Å². The summed E-state index contributed by atoms with van der Waals surface area (Å²) in [5, 5.41) is 11.6. The second kappa shape index (κ2) is 5.70. The Morgan fingerprint density at radius 3 is 2.63 bits per heavy atom. The number of anilines is 1. The molecule has 1 unspecified atom stereocenters. The van der Waals surface area contributed by atoms with Crippen LogP contribution >= 0.6 is 0 Å². The molecular formula is C14H17FN2O2. The number of ether oxygens (including phenoxy) is 1. The van der Waals surface area contributed by atoms with E-state index in [2.05, 4.69) is 5.32 Å². The van der Waals surface area contributed by atoms with Crippen LogP contribution in [0.25, 0.3) is 0 Å². The van der Waals surface area contributed by atoms with Crippen molar-refractivity contribution in [2.24, 2.45) is 0 Å². The summed E-state index contributed by atoms with van der Waals surface area (Å²) in [4.78, 5) is 11.8. The molecule has 1 atom stereocenters. The lowest BCUT2D eigenvalue weighted by atomic mass is 10.1. The lowest BCUT2D eigenvalue weighted by Crippen LogP contribution is -2.34. The molecule has 1 aromatic rings. The van der Waals surface area contributed by atoms with Crippen molar-refractivity contribution < 1.29 is 13.9 Å². The summed E-state index contributed by atoms with van der Waals surface area (Å²) in [6.45, 7) is 6.99. The maximum Gasteiger partial charge on any atom is 0.328 e. The molecule has 0 aromatic heterocycles. The average molecular weight is 264 g/mol. The van der Waals surface area contributed by atoms with E-state index in [1.165, 1.54) is 18.2 Å². The molecule has 0 fully saturated rings. The number of carbonyl (C=O) groups excluding carboxylic acids is 1. The molecule has 0 aliphatic carbocycles. The van der Waals surface area contributed by atoms with Crippen molar-refractivity contribution in [1.29, 1.82) is 5.26 Å². The largest absolute Gasteiger partial charge is 0.458 e. The van der Waals surface area contributed by atoms with Gasteiger partial charge in [0.1, 0.15) is 23.5 Å². The molecule has 0 aliphatic rings. The molecule has 0 saturated heterocycles. The molecule has 19 heavy (non-hydrogen) atoms. The zero-order chi connectivity index (χ0) is 14.6. The van der Waals surface area contributed by atoms with Gasteiger partial charge in [0.2, 0.25) is 0 Å². The van der Waals surface area contributed by atoms with E-state index in [1.807, 2.05) is 0 Å². The highest BCUT2D eigenvalue weighted by Crippen LogP contribution is 2.16. The molecule has 1 N–H and O–H groups in total. The van der Waals surface area contributed by atoms with Gasteiger partial charge in [-0.05, 0) is 45.9 Å². The van der Waals surface area contributed by atoms with Crippen LogP contribution in [0.15, 0.2) is 18.2 Å². The summed E-state index contributed by atoms with van der Waals surface area (Å²) in [7, 11) is 0. The molecule has 102 valence electrons. The highest BCUT2D eigenvalue weighted by molar-refractivity contribution is 5.79. The molecule has 0 aliphatic heterocycles. The summed E-state index contributed by atoms with van der Waals surface area (Å²) in [6.07, 6.45) is 0. The van der Waals surface area contributed by atoms with Gasteiger partial charge in [-0.2, -0.15) is 5.26 Å². The Hall–Kier alpha value is -2.09. The maximum atomic E-state index is 13.1. The minimum absolute atomic E-state index is 0.0682.